The highest BCUT2D eigenvalue weighted by Crippen LogP contribution is 2.26. The van der Waals surface area contributed by atoms with E-state index in [0.717, 1.165) is 32.0 Å². The van der Waals surface area contributed by atoms with Crippen LogP contribution >= 0.6 is 0 Å². The minimum atomic E-state index is 0.151. The van der Waals surface area contributed by atoms with E-state index in [-0.39, 0.29) is 5.41 Å². The molecule has 98 valence electrons. The van der Waals surface area contributed by atoms with Gasteiger partial charge in [-0.25, -0.2) is 0 Å². The quantitative estimate of drug-likeness (QED) is 0.424. The number of carbonyl (C=O) groups is 1. The number of allylic oxidation sites excluding steroid dienone is 4. The van der Waals surface area contributed by atoms with Crippen molar-refractivity contribution in [2.24, 2.45) is 5.41 Å². The van der Waals surface area contributed by atoms with Gasteiger partial charge in [0.2, 0.25) is 0 Å². The molecule has 0 aliphatic carbocycles. The van der Waals surface area contributed by atoms with Crippen molar-refractivity contribution in [1.82, 2.24) is 0 Å². The van der Waals surface area contributed by atoms with Gasteiger partial charge in [-0.05, 0) is 51.9 Å². The first-order chi connectivity index (χ1) is 7.87. The molecule has 1 heteroatoms. The SMILES string of the molecule is CC(C)=CCCC(C)=CCCC(C)(C)CC=O. The lowest BCUT2D eigenvalue weighted by molar-refractivity contribution is -0.109. The summed E-state index contributed by atoms with van der Waals surface area (Å²) in [6, 6.07) is 0. The van der Waals surface area contributed by atoms with Gasteiger partial charge < -0.3 is 4.79 Å². The van der Waals surface area contributed by atoms with E-state index in [0.29, 0.717) is 6.42 Å². The van der Waals surface area contributed by atoms with Crippen molar-refractivity contribution in [2.45, 2.75) is 66.7 Å². The largest absolute Gasteiger partial charge is 0.303 e. The van der Waals surface area contributed by atoms with E-state index in [9.17, 15) is 4.79 Å². The van der Waals surface area contributed by atoms with Crippen molar-refractivity contribution < 1.29 is 4.79 Å². The van der Waals surface area contributed by atoms with Crippen molar-refractivity contribution in [2.75, 3.05) is 0 Å². The molecule has 0 unspecified atom stereocenters. The van der Waals surface area contributed by atoms with Crippen LogP contribution in [0.5, 0.6) is 0 Å². The maximum atomic E-state index is 10.5. The molecule has 0 saturated carbocycles. The second kappa shape index (κ2) is 8.27. The summed E-state index contributed by atoms with van der Waals surface area (Å²) >= 11 is 0. The highest BCUT2D eigenvalue weighted by molar-refractivity contribution is 5.50. The maximum Gasteiger partial charge on any atom is 0.120 e. The fraction of sp³-hybridized carbons (Fsp3) is 0.688. The molecular formula is C16H28O. The van der Waals surface area contributed by atoms with Crippen molar-refractivity contribution in [1.29, 1.82) is 0 Å². The van der Waals surface area contributed by atoms with Gasteiger partial charge in [0.05, 0.1) is 0 Å². The second-order valence-electron chi connectivity index (χ2n) is 5.94. The maximum absolute atomic E-state index is 10.5. The summed E-state index contributed by atoms with van der Waals surface area (Å²) in [5, 5.41) is 0. The van der Waals surface area contributed by atoms with Crippen LogP contribution in [-0.2, 0) is 4.79 Å². The van der Waals surface area contributed by atoms with Crippen molar-refractivity contribution >= 4 is 6.29 Å². The van der Waals surface area contributed by atoms with Gasteiger partial charge in [0.25, 0.3) is 0 Å². The van der Waals surface area contributed by atoms with Crippen LogP contribution in [-0.4, -0.2) is 6.29 Å². The lowest BCUT2D eigenvalue weighted by Gasteiger charge is -2.20. The highest BCUT2D eigenvalue weighted by Gasteiger charge is 2.15. The molecule has 0 fully saturated rings. The molecule has 0 rings (SSSR count). The van der Waals surface area contributed by atoms with Gasteiger partial charge in [-0.2, -0.15) is 0 Å². The van der Waals surface area contributed by atoms with Gasteiger partial charge >= 0.3 is 0 Å². The molecule has 0 saturated heterocycles. The van der Waals surface area contributed by atoms with E-state index in [4.69, 9.17) is 0 Å². The molecule has 0 aliphatic rings. The second-order valence-corrected chi connectivity index (χ2v) is 5.94. The predicted molar refractivity (Wildman–Crippen MR) is 76.1 cm³/mol. The Morgan fingerprint density at radius 3 is 2.24 bits per heavy atom. The predicted octanol–water partition coefficient (Wildman–Crippen LogP) is 5.07. The molecule has 0 aliphatic heterocycles. The minimum absolute atomic E-state index is 0.151. The Hall–Kier alpha value is -0.850. The van der Waals surface area contributed by atoms with E-state index in [1.165, 1.54) is 11.1 Å². The average molecular weight is 236 g/mol. The molecule has 0 radical (unpaired) electrons. The highest BCUT2D eigenvalue weighted by atomic mass is 16.1. The number of hydrogen-bond donors (Lipinski definition) is 0. The molecule has 0 atom stereocenters. The van der Waals surface area contributed by atoms with Gasteiger partial charge in [0.1, 0.15) is 6.29 Å². The average Bonchev–Trinajstić information content (AvgIpc) is 2.16. The van der Waals surface area contributed by atoms with Crippen LogP contribution in [0, 0.1) is 5.41 Å². The summed E-state index contributed by atoms with van der Waals surface area (Å²) in [6.45, 7) is 10.8. The Kier molecular flexibility index (Phi) is 7.86. The molecule has 0 spiro atoms. The minimum Gasteiger partial charge on any atom is -0.303 e. The Morgan fingerprint density at radius 1 is 1.06 bits per heavy atom. The summed E-state index contributed by atoms with van der Waals surface area (Å²) in [6.07, 6.45) is 10.8. The first-order valence-corrected chi connectivity index (χ1v) is 6.60. The van der Waals surface area contributed by atoms with E-state index in [2.05, 4.69) is 46.8 Å². The monoisotopic (exact) mass is 236 g/mol. The van der Waals surface area contributed by atoms with Crippen molar-refractivity contribution in [3.05, 3.63) is 23.3 Å². The fourth-order valence-electron chi connectivity index (χ4n) is 1.73. The lowest BCUT2D eigenvalue weighted by atomic mass is 9.85. The Balaban J connectivity index is 3.91. The number of carbonyl (C=O) groups excluding carboxylic acids is 1. The van der Waals surface area contributed by atoms with Gasteiger partial charge in [0, 0.05) is 6.42 Å². The van der Waals surface area contributed by atoms with Gasteiger partial charge in [0.15, 0.2) is 0 Å². The van der Waals surface area contributed by atoms with Crippen LogP contribution in [0.4, 0.5) is 0 Å². The van der Waals surface area contributed by atoms with Crippen LogP contribution in [0.2, 0.25) is 0 Å². The zero-order valence-corrected chi connectivity index (χ0v) is 12.2. The molecule has 0 aromatic carbocycles. The third-order valence-electron chi connectivity index (χ3n) is 3.04. The third kappa shape index (κ3) is 10.0. The summed E-state index contributed by atoms with van der Waals surface area (Å²) in [5.41, 5.74) is 3.01. The van der Waals surface area contributed by atoms with E-state index >= 15 is 0 Å². The number of rotatable bonds is 8. The smallest absolute Gasteiger partial charge is 0.120 e. The van der Waals surface area contributed by atoms with Crippen molar-refractivity contribution in [3.63, 3.8) is 0 Å². The van der Waals surface area contributed by atoms with Crippen LogP contribution in [0.15, 0.2) is 23.3 Å². The van der Waals surface area contributed by atoms with Gasteiger partial charge in [-0.1, -0.05) is 37.1 Å². The third-order valence-corrected chi connectivity index (χ3v) is 3.04. The molecule has 0 aromatic heterocycles. The standard InChI is InChI=1S/C16H28O/c1-14(2)8-6-9-15(3)10-7-11-16(4,5)12-13-17/h8,10,13H,6-7,9,11-12H2,1-5H3. The topological polar surface area (TPSA) is 17.1 Å². The summed E-state index contributed by atoms with van der Waals surface area (Å²) in [5.74, 6) is 0. The summed E-state index contributed by atoms with van der Waals surface area (Å²) in [7, 11) is 0. The first-order valence-electron chi connectivity index (χ1n) is 6.60. The fourth-order valence-corrected chi connectivity index (χ4v) is 1.73. The number of hydrogen-bond acceptors (Lipinski definition) is 1. The molecule has 0 amide bonds. The van der Waals surface area contributed by atoms with Gasteiger partial charge in [-0.3, -0.25) is 0 Å². The number of aldehydes is 1. The van der Waals surface area contributed by atoms with E-state index in [1.807, 2.05) is 0 Å². The zero-order valence-electron chi connectivity index (χ0n) is 12.2. The molecule has 0 bridgehead atoms. The zero-order chi connectivity index (χ0) is 13.3. The Bertz CT molecular complexity index is 278. The Morgan fingerprint density at radius 2 is 1.71 bits per heavy atom. The first kappa shape index (κ1) is 16.1. The van der Waals surface area contributed by atoms with Crippen LogP contribution in [0.1, 0.15) is 66.7 Å². The molecular weight excluding hydrogens is 208 g/mol. The molecule has 1 nitrogen and oxygen atoms in total. The van der Waals surface area contributed by atoms with Crippen LogP contribution in [0.25, 0.3) is 0 Å². The Labute approximate surface area is 107 Å². The van der Waals surface area contributed by atoms with Crippen LogP contribution in [0.3, 0.4) is 0 Å². The lowest BCUT2D eigenvalue weighted by Crippen LogP contribution is -2.11. The molecule has 17 heavy (non-hydrogen) atoms. The van der Waals surface area contributed by atoms with Crippen molar-refractivity contribution in [3.8, 4) is 0 Å². The van der Waals surface area contributed by atoms with E-state index < -0.39 is 0 Å². The normalized spacial score (nSPS) is 12.4. The molecule has 0 aromatic rings. The molecule has 0 heterocycles. The van der Waals surface area contributed by atoms with E-state index in [1.54, 1.807) is 0 Å². The summed E-state index contributed by atoms with van der Waals surface area (Å²) < 4.78 is 0. The summed E-state index contributed by atoms with van der Waals surface area (Å²) in [4.78, 5) is 10.5. The van der Waals surface area contributed by atoms with Crippen LogP contribution < -0.4 is 0 Å². The van der Waals surface area contributed by atoms with Gasteiger partial charge in [-0.15, -0.1) is 0 Å². The molecule has 0 N–H and O–H groups in total.